The molecule has 0 spiro atoms. The standard InChI is InChI=1S/C11H12N4OS/c1-3-5-8-7-9(16)12-10-13-14-11(15(8)10)17-6-4-2/h2,7H,3,5-6H2,1H3,(H,12,13,16). The summed E-state index contributed by atoms with van der Waals surface area (Å²) in [6.07, 6.45) is 6.99. The largest absolute Gasteiger partial charge is 0.291 e. The van der Waals surface area contributed by atoms with E-state index in [4.69, 9.17) is 6.42 Å². The third-order valence-electron chi connectivity index (χ3n) is 2.24. The molecule has 0 unspecified atom stereocenters. The van der Waals surface area contributed by atoms with Crippen LogP contribution in [-0.2, 0) is 6.42 Å². The van der Waals surface area contributed by atoms with Gasteiger partial charge < -0.3 is 0 Å². The zero-order valence-electron chi connectivity index (χ0n) is 9.43. The highest BCUT2D eigenvalue weighted by Gasteiger charge is 2.10. The second-order valence-electron chi connectivity index (χ2n) is 3.51. The first-order valence-corrected chi connectivity index (χ1v) is 6.28. The highest BCUT2D eigenvalue weighted by molar-refractivity contribution is 7.99. The maximum atomic E-state index is 11.4. The molecule has 0 radical (unpaired) electrons. The first-order chi connectivity index (χ1) is 8.26. The maximum Gasteiger partial charge on any atom is 0.252 e. The van der Waals surface area contributed by atoms with Gasteiger partial charge in [0.05, 0.1) is 5.75 Å². The number of nitrogens with zero attached hydrogens (tertiary/aromatic N) is 3. The lowest BCUT2D eigenvalue weighted by Crippen LogP contribution is -2.11. The van der Waals surface area contributed by atoms with Crippen molar-refractivity contribution in [3.8, 4) is 12.3 Å². The van der Waals surface area contributed by atoms with Gasteiger partial charge in [0.25, 0.3) is 5.56 Å². The number of aryl methyl sites for hydroxylation is 1. The molecule has 1 N–H and O–H groups in total. The lowest BCUT2D eigenvalue weighted by molar-refractivity contribution is 0.801. The molecule has 5 nitrogen and oxygen atoms in total. The lowest BCUT2D eigenvalue weighted by Gasteiger charge is -2.04. The van der Waals surface area contributed by atoms with Gasteiger partial charge in [-0.15, -0.1) is 16.6 Å². The van der Waals surface area contributed by atoms with Gasteiger partial charge in [0.1, 0.15) is 0 Å². The molecule has 0 fully saturated rings. The molecule has 2 aromatic heterocycles. The van der Waals surface area contributed by atoms with E-state index >= 15 is 0 Å². The van der Waals surface area contributed by atoms with Crippen molar-refractivity contribution >= 4 is 17.5 Å². The van der Waals surface area contributed by atoms with E-state index in [2.05, 4.69) is 28.0 Å². The summed E-state index contributed by atoms with van der Waals surface area (Å²) in [5.41, 5.74) is 0.762. The molecule has 0 saturated carbocycles. The molecule has 0 atom stereocenters. The van der Waals surface area contributed by atoms with Gasteiger partial charge in [0, 0.05) is 11.8 Å². The van der Waals surface area contributed by atoms with Crippen LogP contribution in [0.5, 0.6) is 0 Å². The Morgan fingerprint density at radius 1 is 1.59 bits per heavy atom. The van der Waals surface area contributed by atoms with Gasteiger partial charge in [-0.2, -0.15) is 0 Å². The van der Waals surface area contributed by atoms with E-state index in [1.165, 1.54) is 11.8 Å². The van der Waals surface area contributed by atoms with Gasteiger partial charge in [0.2, 0.25) is 5.78 Å². The van der Waals surface area contributed by atoms with Crippen molar-refractivity contribution < 1.29 is 0 Å². The minimum absolute atomic E-state index is 0.151. The quantitative estimate of drug-likeness (QED) is 0.650. The SMILES string of the molecule is C#CCSc1nnc2[nH]c(=O)cc(CCC)n12. The zero-order chi connectivity index (χ0) is 12.3. The highest BCUT2D eigenvalue weighted by Crippen LogP contribution is 2.17. The van der Waals surface area contributed by atoms with E-state index in [0.717, 1.165) is 23.7 Å². The molecule has 0 aromatic carbocycles. The molecule has 0 amide bonds. The van der Waals surface area contributed by atoms with E-state index in [1.54, 1.807) is 6.07 Å². The summed E-state index contributed by atoms with van der Waals surface area (Å²) in [5, 5.41) is 8.69. The third-order valence-corrected chi connectivity index (χ3v) is 3.08. The Bertz CT molecular complexity index is 622. The number of hydrogen-bond donors (Lipinski definition) is 1. The number of H-pyrrole nitrogens is 1. The van der Waals surface area contributed by atoms with Crippen LogP contribution in [0.3, 0.4) is 0 Å². The molecule has 2 rings (SSSR count). The first-order valence-electron chi connectivity index (χ1n) is 5.30. The Morgan fingerprint density at radius 3 is 3.12 bits per heavy atom. The first kappa shape index (κ1) is 11.7. The fourth-order valence-electron chi connectivity index (χ4n) is 1.61. The molecule has 2 heterocycles. The zero-order valence-corrected chi connectivity index (χ0v) is 10.3. The molecule has 88 valence electrons. The molecule has 2 aromatic rings. The van der Waals surface area contributed by atoms with E-state index in [-0.39, 0.29) is 5.56 Å². The van der Waals surface area contributed by atoms with Gasteiger partial charge in [-0.3, -0.25) is 14.2 Å². The fourth-order valence-corrected chi connectivity index (χ4v) is 2.26. The molecule has 6 heteroatoms. The topological polar surface area (TPSA) is 63.0 Å². The Labute approximate surface area is 103 Å². The van der Waals surface area contributed by atoms with Crippen LogP contribution in [0.1, 0.15) is 19.0 Å². The second kappa shape index (κ2) is 5.06. The molecule has 17 heavy (non-hydrogen) atoms. The van der Waals surface area contributed by atoms with Crippen LogP contribution in [0.4, 0.5) is 0 Å². The van der Waals surface area contributed by atoms with Crippen LogP contribution in [0.25, 0.3) is 5.78 Å². The van der Waals surface area contributed by atoms with Gasteiger partial charge in [0.15, 0.2) is 5.16 Å². The molecule has 0 aliphatic carbocycles. The summed E-state index contributed by atoms with van der Waals surface area (Å²) in [5.74, 6) is 3.55. The number of rotatable bonds is 4. The number of aromatic nitrogens is 4. The molecular weight excluding hydrogens is 236 g/mol. The number of thioether (sulfide) groups is 1. The van der Waals surface area contributed by atoms with E-state index < -0.39 is 0 Å². The summed E-state index contributed by atoms with van der Waals surface area (Å²) >= 11 is 1.43. The maximum absolute atomic E-state index is 11.4. The minimum Gasteiger partial charge on any atom is -0.291 e. The average Bonchev–Trinajstić information content (AvgIpc) is 2.69. The summed E-state index contributed by atoms with van der Waals surface area (Å²) in [6, 6.07) is 1.58. The van der Waals surface area contributed by atoms with Crippen LogP contribution in [0.2, 0.25) is 0 Å². The van der Waals surface area contributed by atoms with Crippen LogP contribution in [-0.4, -0.2) is 25.3 Å². The number of aromatic amines is 1. The minimum atomic E-state index is -0.151. The Morgan fingerprint density at radius 2 is 2.41 bits per heavy atom. The van der Waals surface area contributed by atoms with Crippen molar-refractivity contribution in [2.75, 3.05) is 5.75 Å². The van der Waals surface area contributed by atoms with Crippen molar-refractivity contribution in [2.24, 2.45) is 0 Å². The van der Waals surface area contributed by atoms with E-state index in [0.29, 0.717) is 11.5 Å². The molecule has 0 aliphatic heterocycles. The monoisotopic (exact) mass is 248 g/mol. The summed E-state index contributed by atoms with van der Waals surface area (Å²) in [7, 11) is 0. The van der Waals surface area contributed by atoms with E-state index in [1.807, 2.05) is 4.40 Å². The van der Waals surface area contributed by atoms with Gasteiger partial charge in [-0.1, -0.05) is 31.0 Å². The molecular formula is C11H12N4OS. The predicted octanol–water partition coefficient (Wildman–Crippen LogP) is 1.10. The smallest absolute Gasteiger partial charge is 0.252 e. The predicted molar refractivity (Wildman–Crippen MR) is 67.2 cm³/mol. The Kier molecular flexibility index (Phi) is 3.49. The highest BCUT2D eigenvalue weighted by atomic mass is 32.2. The second-order valence-corrected chi connectivity index (χ2v) is 4.45. The summed E-state index contributed by atoms with van der Waals surface area (Å²) < 4.78 is 1.85. The lowest BCUT2D eigenvalue weighted by atomic mass is 10.2. The number of hydrogen-bond acceptors (Lipinski definition) is 4. The summed E-state index contributed by atoms with van der Waals surface area (Å²) in [6.45, 7) is 2.06. The molecule has 0 bridgehead atoms. The third kappa shape index (κ3) is 2.34. The molecule has 0 aliphatic rings. The van der Waals surface area contributed by atoms with Crippen LogP contribution in [0, 0.1) is 12.3 Å². The Hall–Kier alpha value is -1.74. The number of fused-ring (bicyclic) bond motifs is 1. The van der Waals surface area contributed by atoms with Crippen molar-refractivity contribution in [1.29, 1.82) is 0 Å². The van der Waals surface area contributed by atoms with Crippen LogP contribution >= 0.6 is 11.8 Å². The van der Waals surface area contributed by atoms with Gasteiger partial charge in [-0.05, 0) is 6.42 Å². The van der Waals surface area contributed by atoms with Crippen molar-refractivity contribution in [2.45, 2.75) is 24.9 Å². The average molecular weight is 248 g/mol. The van der Waals surface area contributed by atoms with Crippen molar-refractivity contribution in [1.82, 2.24) is 19.6 Å². The van der Waals surface area contributed by atoms with Crippen molar-refractivity contribution in [3.05, 3.63) is 22.1 Å². The van der Waals surface area contributed by atoms with Crippen LogP contribution < -0.4 is 5.56 Å². The summed E-state index contributed by atoms with van der Waals surface area (Å²) in [4.78, 5) is 14.1. The number of terminal acetylenes is 1. The van der Waals surface area contributed by atoms with Crippen LogP contribution in [0.15, 0.2) is 16.0 Å². The van der Waals surface area contributed by atoms with Crippen molar-refractivity contribution in [3.63, 3.8) is 0 Å². The van der Waals surface area contributed by atoms with E-state index in [9.17, 15) is 4.79 Å². The van der Waals surface area contributed by atoms with Gasteiger partial charge >= 0.3 is 0 Å². The molecule has 0 saturated heterocycles. The fraction of sp³-hybridized carbons (Fsp3) is 0.364. The Balaban J connectivity index is 2.56. The normalized spacial score (nSPS) is 10.6. The van der Waals surface area contributed by atoms with Gasteiger partial charge in [-0.25, -0.2) is 0 Å². The number of nitrogens with one attached hydrogen (secondary N) is 1.